The van der Waals surface area contributed by atoms with Gasteiger partial charge in [-0.2, -0.15) is 0 Å². The van der Waals surface area contributed by atoms with E-state index in [1.54, 1.807) is 0 Å². The van der Waals surface area contributed by atoms with Gasteiger partial charge in [-0.3, -0.25) is 4.79 Å². The number of hydrogen-bond acceptors (Lipinski definition) is 2. The van der Waals surface area contributed by atoms with Crippen molar-refractivity contribution < 1.29 is 9.90 Å². The molecule has 1 rings (SSSR count). The van der Waals surface area contributed by atoms with Crippen LogP contribution < -0.4 is 4.98 Å². The first-order valence-corrected chi connectivity index (χ1v) is 4.74. The van der Waals surface area contributed by atoms with Crippen molar-refractivity contribution in [3.05, 3.63) is 0 Å². The van der Waals surface area contributed by atoms with Gasteiger partial charge in [-0.1, -0.05) is 0 Å². The maximum Gasteiger partial charge on any atom is 0.283 e. The Hall–Kier alpha value is -0.353. The molecular weight excluding hydrogens is 122 g/mol. The lowest BCUT2D eigenvalue weighted by molar-refractivity contribution is 0.218. The van der Waals surface area contributed by atoms with Crippen LogP contribution in [0.2, 0.25) is 6.04 Å². The third-order valence-corrected chi connectivity index (χ3v) is 3.72. The second-order valence-corrected chi connectivity index (χ2v) is 4.57. The number of carboxylic acid groups (broad SMARTS) is 1. The van der Waals surface area contributed by atoms with Gasteiger partial charge in [-0.15, -0.1) is 0 Å². The van der Waals surface area contributed by atoms with E-state index in [9.17, 15) is 4.79 Å². The third-order valence-electron chi connectivity index (χ3n) is 1.36. The number of nitrogens with one attached hydrogen (secondary N) is 1. The Morgan fingerprint density at radius 3 is 2.75 bits per heavy atom. The number of hydrogen-bond donors (Lipinski definition) is 2. The van der Waals surface area contributed by atoms with E-state index in [4.69, 9.17) is 5.11 Å². The molecule has 46 valence electrons. The van der Waals surface area contributed by atoms with Crippen LogP contribution in [-0.2, 0) is 0 Å². The summed E-state index contributed by atoms with van der Waals surface area (Å²) in [6.45, 7) is 0.920. The van der Waals surface area contributed by atoms with Crippen molar-refractivity contribution in [1.82, 2.24) is 4.98 Å². The van der Waals surface area contributed by atoms with Gasteiger partial charge in [-0.25, -0.2) is 0 Å². The maximum absolute atomic E-state index is 10.2. The zero-order valence-corrected chi connectivity index (χ0v) is 5.71. The molecule has 0 aliphatic carbocycles. The van der Waals surface area contributed by atoms with E-state index in [2.05, 4.69) is 4.98 Å². The van der Waals surface area contributed by atoms with E-state index in [1.807, 2.05) is 0 Å². The molecule has 0 radical (unpaired) electrons. The average molecular weight is 131 g/mol. The summed E-state index contributed by atoms with van der Waals surface area (Å²) in [5.41, 5.74) is -0.581. The Balaban J connectivity index is 2.35. The van der Waals surface area contributed by atoms with E-state index < -0.39 is 14.6 Å². The van der Waals surface area contributed by atoms with Gasteiger partial charge in [0.2, 0.25) is 8.96 Å². The molecule has 1 heterocycles. The van der Waals surface area contributed by atoms with Crippen LogP contribution in [0.25, 0.3) is 0 Å². The van der Waals surface area contributed by atoms with Crippen molar-refractivity contribution in [1.29, 1.82) is 0 Å². The average Bonchev–Trinajstić information content (AvgIpc) is 2.12. The van der Waals surface area contributed by atoms with Gasteiger partial charge in [0.15, 0.2) is 0 Å². The molecule has 8 heavy (non-hydrogen) atoms. The Kier molecular flexibility index (Phi) is 1.64. The van der Waals surface area contributed by atoms with Crippen LogP contribution in [-0.4, -0.2) is 26.2 Å². The zero-order chi connectivity index (χ0) is 5.98. The normalized spacial score (nSPS) is 28.2. The van der Waals surface area contributed by atoms with Gasteiger partial charge in [0, 0.05) is 0 Å². The fourth-order valence-electron chi connectivity index (χ4n) is 0.895. The van der Waals surface area contributed by atoms with E-state index in [1.165, 1.54) is 0 Å². The van der Waals surface area contributed by atoms with Crippen molar-refractivity contribution in [2.24, 2.45) is 0 Å². The zero-order valence-electron chi connectivity index (χ0n) is 4.55. The van der Waals surface area contributed by atoms with Gasteiger partial charge in [-0.05, 0) is 19.0 Å². The highest BCUT2D eigenvalue weighted by Gasteiger charge is 2.23. The lowest BCUT2D eigenvalue weighted by atomic mass is 10.5. The van der Waals surface area contributed by atoms with E-state index in [0.29, 0.717) is 0 Å². The largest absolute Gasteiger partial charge is 0.485 e. The van der Waals surface area contributed by atoms with E-state index in [-0.39, 0.29) is 0 Å². The summed E-state index contributed by atoms with van der Waals surface area (Å²) in [5.74, 6) is 0. The summed E-state index contributed by atoms with van der Waals surface area (Å²) < 4.78 is 0. The SMILES string of the molecule is O=C(O)[Si@H]1CCCN1. The number of carbonyl (C=O) groups is 1. The molecule has 1 aliphatic rings. The van der Waals surface area contributed by atoms with Crippen LogP contribution in [0.5, 0.6) is 0 Å². The highest BCUT2D eigenvalue weighted by molar-refractivity contribution is 6.86. The first-order chi connectivity index (χ1) is 3.80. The maximum atomic E-state index is 10.2. The van der Waals surface area contributed by atoms with Crippen molar-refractivity contribution in [2.75, 3.05) is 6.54 Å². The topological polar surface area (TPSA) is 49.3 Å². The molecule has 1 saturated heterocycles. The van der Waals surface area contributed by atoms with Crippen molar-refractivity contribution in [3.8, 4) is 0 Å². The Bertz CT molecular complexity index is 100. The van der Waals surface area contributed by atoms with E-state index >= 15 is 0 Å². The van der Waals surface area contributed by atoms with Crippen LogP contribution in [0.4, 0.5) is 4.79 Å². The van der Waals surface area contributed by atoms with Crippen LogP contribution in [0.1, 0.15) is 6.42 Å². The van der Waals surface area contributed by atoms with Gasteiger partial charge in [0.05, 0.1) is 0 Å². The van der Waals surface area contributed by atoms with Crippen molar-refractivity contribution in [3.63, 3.8) is 0 Å². The lowest BCUT2D eigenvalue weighted by Crippen LogP contribution is -2.34. The molecule has 1 fully saturated rings. The first kappa shape index (κ1) is 5.78. The Morgan fingerprint density at radius 1 is 1.75 bits per heavy atom. The van der Waals surface area contributed by atoms with Gasteiger partial charge >= 0.3 is 0 Å². The standard InChI is InChI=1S/C4H9NO2Si/c6-4(7)8-3-1-2-5-8/h5,8H,1-3H2,(H,6,7)/t8-/m1/s1. The predicted molar refractivity (Wildman–Crippen MR) is 32.6 cm³/mol. The Labute approximate surface area is 49.4 Å². The fourth-order valence-corrected chi connectivity index (χ4v) is 2.69. The van der Waals surface area contributed by atoms with Crippen LogP contribution in [0.3, 0.4) is 0 Å². The molecule has 1 atom stereocenters. The summed E-state index contributed by atoms with van der Waals surface area (Å²) >= 11 is 0. The first-order valence-electron chi connectivity index (χ1n) is 2.77. The summed E-state index contributed by atoms with van der Waals surface area (Å²) in [6, 6.07) is 0.926. The highest BCUT2D eigenvalue weighted by Crippen LogP contribution is 2.02. The minimum atomic E-state index is -1.49. The molecule has 2 N–H and O–H groups in total. The van der Waals surface area contributed by atoms with E-state index in [0.717, 1.165) is 19.0 Å². The molecule has 4 heteroatoms. The minimum absolute atomic E-state index is 0.581. The fraction of sp³-hybridized carbons (Fsp3) is 0.750. The molecule has 0 saturated carbocycles. The third kappa shape index (κ3) is 1.08. The molecule has 0 unspecified atom stereocenters. The lowest BCUT2D eigenvalue weighted by Gasteiger charge is -1.96. The van der Waals surface area contributed by atoms with Crippen LogP contribution >= 0.6 is 0 Å². The second-order valence-electron chi connectivity index (χ2n) is 1.99. The predicted octanol–water partition coefficient (Wildman–Crippen LogP) is -0.0368. The molecule has 0 aromatic rings. The molecule has 0 aromatic heterocycles. The molecule has 0 spiro atoms. The van der Waals surface area contributed by atoms with Gasteiger partial charge < -0.3 is 10.1 Å². The molecule has 1 aliphatic heterocycles. The van der Waals surface area contributed by atoms with Crippen molar-refractivity contribution in [2.45, 2.75) is 12.5 Å². The summed E-state index contributed by atoms with van der Waals surface area (Å²) in [4.78, 5) is 13.2. The summed E-state index contributed by atoms with van der Waals surface area (Å²) in [6.07, 6.45) is 1.06. The molecule has 0 aromatic carbocycles. The summed E-state index contributed by atoms with van der Waals surface area (Å²) in [5, 5.41) is 8.41. The molecule has 0 bridgehead atoms. The second kappa shape index (κ2) is 2.28. The quantitative estimate of drug-likeness (QED) is 0.491. The number of rotatable bonds is 1. The van der Waals surface area contributed by atoms with Gasteiger partial charge in [0.25, 0.3) is 5.59 Å². The summed E-state index contributed by atoms with van der Waals surface area (Å²) in [7, 11) is -1.49. The Morgan fingerprint density at radius 2 is 2.50 bits per heavy atom. The highest BCUT2D eigenvalue weighted by atomic mass is 28.3. The molecular formula is C4H9NO2Si. The van der Waals surface area contributed by atoms with Crippen LogP contribution in [0.15, 0.2) is 0 Å². The smallest absolute Gasteiger partial charge is 0.283 e. The van der Waals surface area contributed by atoms with Crippen LogP contribution in [0, 0.1) is 0 Å². The molecule has 3 nitrogen and oxygen atoms in total. The molecule has 0 amide bonds. The van der Waals surface area contributed by atoms with Gasteiger partial charge in [0.1, 0.15) is 0 Å². The monoisotopic (exact) mass is 131 g/mol. The minimum Gasteiger partial charge on any atom is -0.485 e. The van der Waals surface area contributed by atoms with Crippen molar-refractivity contribution >= 4 is 14.6 Å².